The predicted molar refractivity (Wildman–Crippen MR) is 108 cm³/mol. The van der Waals surface area contributed by atoms with Crippen LogP contribution in [0.4, 0.5) is 4.79 Å². The number of benzene rings is 1. The quantitative estimate of drug-likeness (QED) is 0.396. The molecule has 0 radical (unpaired) electrons. The smallest absolute Gasteiger partial charge is 0.410 e. The van der Waals surface area contributed by atoms with Crippen molar-refractivity contribution in [1.29, 1.82) is 0 Å². The number of fused-ring (bicyclic) bond motifs is 1. The van der Waals surface area contributed by atoms with Gasteiger partial charge in [-0.3, -0.25) is 0 Å². The van der Waals surface area contributed by atoms with Crippen LogP contribution < -0.4 is 0 Å². The van der Waals surface area contributed by atoms with Gasteiger partial charge in [-0.15, -0.1) is 6.58 Å². The van der Waals surface area contributed by atoms with Gasteiger partial charge in [0.25, 0.3) is 0 Å². The summed E-state index contributed by atoms with van der Waals surface area (Å²) in [6.45, 7) is 10.4. The monoisotopic (exact) mass is 357 g/mol. The Balaban J connectivity index is 2.08. The van der Waals surface area contributed by atoms with Crippen molar-refractivity contribution in [2.75, 3.05) is 6.54 Å². The summed E-state index contributed by atoms with van der Waals surface area (Å²) in [6, 6.07) is 8.70. The summed E-state index contributed by atoms with van der Waals surface area (Å²) in [4.78, 5) is 14.9. The summed E-state index contributed by atoms with van der Waals surface area (Å²) in [5.41, 5.74) is 2.22. The van der Waals surface area contributed by atoms with Gasteiger partial charge in [0.2, 0.25) is 0 Å². The van der Waals surface area contributed by atoms with E-state index in [1.54, 1.807) is 0 Å². The molecule has 0 bridgehead atoms. The fourth-order valence-electron chi connectivity index (χ4n) is 3.67. The average Bonchev–Trinajstić information content (AvgIpc) is 2.59. The van der Waals surface area contributed by atoms with Gasteiger partial charge in [-0.2, -0.15) is 0 Å². The van der Waals surface area contributed by atoms with E-state index in [-0.39, 0.29) is 12.1 Å². The van der Waals surface area contributed by atoms with Crippen LogP contribution >= 0.6 is 0 Å². The molecule has 1 aliphatic carbocycles. The van der Waals surface area contributed by atoms with Crippen LogP contribution in [-0.4, -0.2) is 23.1 Å². The van der Waals surface area contributed by atoms with Crippen molar-refractivity contribution in [2.24, 2.45) is 0 Å². The molecule has 1 amide bonds. The molecule has 3 heteroatoms. The first-order valence-electron chi connectivity index (χ1n) is 10.1. The number of aryl methyl sites for hydroxylation is 1. The highest BCUT2D eigenvalue weighted by molar-refractivity contribution is 5.69. The fraction of sp³-hybridized carbons (Fsp3) is 0.609. The van der Waals surface area contributed by atoms with Crippen molar-refractivity contribution in [3.63, 3.8) is 0 Å². The number of allylic oxidation sites excluding steroid dienone is 1. The van der Waals surface area contributed by atoms with E-state index in [1.165, 1.54) is 24.0 Å². The number of ether oxygens (including phenoxy) is 1. The van der Waals surface area contributed by atoms with Gasteiger partial charge in [-0.25, -0.2) is 4.79 Å². The molecule has 0 saturated heterocycles. The average molecular weight is 358 g/mol. The first kappa shape index (κ1) is 20.5. The van der Waals surface area contributed by atoms with Crippen molar-refractivity contribution < 1.29 is 9.53 Å². The standard InChI is InChI=1S/C23H35NO2/c1-5-6-7-8-9-12-18-24(22(25)26-23(2,3)4)21-17-13-15-19-14-10-11-16-20(19)21/h5,10-11,14,16,21H,1,6-9,12-13,15,17-18H2,2-4H3/t21-/m0/s1. The van der Waals surface area contributed by atoms with Crippen LogP contribution in [0.2, 0.25) is 0 Å². The van der Waals surface area contributed by atoms with Gasteiger partial charge >= 0.3 is 6.09 Å². The Kier molecular flexibility index (Phi) is 7.74. The van der Waals surface area contributed by atoms with Crippen molar-refractivity contribution in [3.05, 3.63) is 48.0 Å². The Labute approximate surface area is 159 Å². The molecule has 0 saturated carbocycles. The number of hydrogen-bond acceptors (Lipinski definition) is 2. The van der Waals surface area contributed by atoms with Gasteiger partial charge in [-0.05, 0) is 70.4 Å². The summed E-state index contributed by atoms with van der Waals surface area (Å²) in [6.07, 6.45) is 10.7. The molecule has 0 heterocycles. The lowest BCUT2D eigenvalue weighted by molar-refractivity contribution is 0.0135. The van der Waals surface area contributed by atoms with Crippen molar-refractivity contribution >= 4 is 6.09 Å². The minimum absolute atomic E-state index is 0.142. The third-order valence-corrected chi connectivity index (χ3v) is 4.90. The van der Waals surface area contributed by atoms with E-state index < -0.39 is 5.60 Å². The van der Waals surface area contributed by atoms with Gasteiger partial charge < -0.3 is 9.64 Å². The maximum atomic E-state index is 12.9. The molecule has 0 N–H and O–H groups in total. The maximum absolute atomic E-state index is 12.9. The van der Waals surface area contributed by atoms with E-state index in [0.29, 0.717) is 0 Å². The summed E-state index contributed by atoms with van der Waals surface area (Å²) in [5, 5.41) is 0. The van der Waals surface area contributed by atoms with E-state index in [0.717, 1.165) is 45.1 Å². The van der Waals surface area contributed by atoms with E-state index >= 15 is 0 Å². The zero-order chi connectivity index (χ0) is 19.0. The molecule has 1 aliphatic rings. The number of carbonyl (C=O) groups is 1. The van der Waals surface area contributed by atoms with Gasteiger partial charge in [0.15, 0.2) is 0 Å². The molecule has 144 valence electrons. The molecule has 2 rings (SSSR count). The molecule has 26 heavy (non-hydrogen) atoms. The summed E-state index contributed by atoms with van der Waals surface area (Å²) in [5.74, 6) is 0. The zero-order valence-electron chi connectivity index (χ0n) is 16.8. The van der Waals surface area contributed by atoms with Crippen LogP contribution in [0, 0.1) is 0 Å². The number of unbranched alkanes of at least 4 members (excludes halogenated alkanes) is 4. The molecular weight excluding hydrogens is 322 g/mol. The maximum Gasteiger partial charge on any atom is 0.410 e. The number of rotatable bonds is 8. The van der Waals surface area contributed by atoms with Crippen LogP contribution in [0.3, 0.4) is 0 Å². The van der Waals surface area contributed by atoms with Crippen LogP contribution in [0.15, 0.2) is 36.9 Å². The van der Waals surface area contributed by atoms with Gasteiger partial charge in [0.1, 0.15) is 5.60 Å². The first-order chi connectivity index (χ1) is 12.4. The molecule has 0 aromatic heterocycles. The second-order valence-corrected chi connectivity index (χ2v) is 8.27. The van der Waals surface area contributed by atoms with Gasteiger partial charge in [-0.1, -0.05) is 43.2 Å². The van der Waals surface area contributed by atoms with E-state index in [9.17, 15) is 4.79 Å². The Morgan fingerprint density at radius 3 is 2.69 bits per heavy atom. The lowest BCUT2D eigenvalue weighted by Gasteiger charge is -2.37. The number of hydrogen-bond donors (Lipinski definition) is 0. The zero-order valence-corrected chi connectivity index (χ0v) is 16.8. The molecule has 3 nitrogen and oxygen atoms in total. The van der Waals surface area contributed by atoms with Crippen LogP contribution in [0.1, 0.15) is 82.9 Å². The molecule has 1 atom stereocenters. The third-order valence-electron chi connectivity index (χ3n) is 4.90. The Bertz CT molecular complexity index is 588. The second-order valence-electron chi connectivity index (χ2n) is 8.27. The van der Waals surface area contributed by atoms with Crippen LogP contribution in [-0.2, 0) is 11.2 Å². The first-order valence-corrected chi connectivity index (χ1v) is 10.1. The number of carbonyl (C=O) groups excluding carboxylic acids is 1. The molecule has 0 fully saturated rings. The molecule has 0 spiro atoms. The highest BCUT2D eigenvalue weighted by atomic mass is 16.6. The second kappa shape index (κ2) is 9.80. The number of nitrogens with zero attached hydrogens (tertiary/aromatic N) is 1. The van der Waals surface area contributed by atoms with Crippen LogP contribution in [0.25, 0.3) is 0 Å². The summed E-state index contributed by atoms with van der Waals surface area (Å²) in [7, 11) is 0. The van der Waals surface area contributed by atoms with Crippen molar-refractivity contribution in [2.45, 2.75) is 83.8 Å². The number of amides is 1. The molecular formula is C23H35NO2. The Morgan fingerprint density at radius 2 is 1.96 bits per heavy atom. The normalized spacial score (nSPS) is 16.7. The minimum atomic E-state index is -0.465. The Morgan fingerprint density at radius 1 is 1.23 bits per heavy atom. The predicted octanol–water partition coefficient (Wildman–Crippen LogP) is 6.44. The van der Waals surface area contributed by atoms with E-state index in [4.69, 9.17) is 4.74 Å². The molecule has 0 aliphatic heterocycles. The lowest BCUT2D eigenvalue weighted by atomic mass is 9.87. The molecule has 1 aromatic rings. The third kappa shape index (κ3) is 6.19. The fourth-order valence-corrected chi connectivity index (χ4v) is 3.67. The van der Waals surface area contributed by atoms with E-state index in [1.807, 2.05) is 31.7 Å². The van der Waals surface area contributed by atoms with Gasteiger partial charge in [0, 0.05) is 6.54 Å². The van der Waals surface area contributed by atoms with Crippen LogP contribution in [0.5, 0.6) is 0 Å². The lowest BCUT2D eigenvalue weighted by Crippen LogP contribution is -2.41. The van der Waals surface area contributed by atoms with Crippen molar-refractivity contribution in [1.82, 2.24) is 4.90 Å². The summed E-state index contributed by atoms with van der Waals surface area (Å²) >= 11 is 0. The highest BCUT2D eigenvalue weighted by Gasteiger charge is 2.31. The Hall–Kier alpha value is -1.77. The van der Waals surface area contributed by atoms with E-state index in [2.05, 4.69) is 30.8 Å². The van der Waals surface area contributed by atoms with Gasteiger partial charge in [0.05, 0.1) is 6.04 Å². The van der Waals surface area contributed by atoms with Crippen molar-refractivity contribution in [3.8, 4) is 0 Å². The largest absolute Gasteiger partial charge is 0.444 e. The highest BCUT2D eigenvalue weighted by Crippen LogP contribution is 2.35. The summed E-state index contributed by atoms with van der Waals surface area (Å²) < 4.78 is 5.74. The minimum Gasteiger partial charge on any atom is -0.444 e. The molecule has 1 aromatic carbocycles. The SMILES string of the molecule is C=CCCCCCCN(C(=O)OC(C)(C)C)[C@H]1CCCc2ccccc21. The molecule has 0 unspecified atom stereocenters. The topological polar surface area (TPSA) is 29.5 Å².